The number of thiophene rings is 1. The molecule has 1 aromatic carbocycles. The Bertz CT molecular complexity index is 978. The Morgan fingerprint density at radius 2 is 2.18 bits per heavy atom. The highest BCUT2D eigenvalue weighted by atomic mass is 32.2. The van der Waals surface area contributed by atoms with Gasteiger partial charge >= 0.3 is 0 Å². The van der Waals surface area contributed by atoms with Gasteiger partial charge in [-0.15, -0.1) is 11.3 Å². The third-order valence-electron chi connectivity index (χ3n) is 4.85. The molecule has 1 atom stereocenters. The van der Waals surface area contributed by atoms with Gasteiger partial charge in [0, 0.05) is 17.2 Å². The van der Waals surface area contributed by atoms with Gasteiger partial charge in [0.1, 0.15) is 11.6 Å². The highest BCUT2D eigenvalue weighted by molar-refractivity contribution is 7.99. The van der Waals surface area contributed by atoms with Crippen LogP contribution in [0.25, 0.3) is 10.2 Å². The van der Waals surface area contributed by atoms with E-state index in [2.05, 4.69) is 19.1 Å². The first-order valence-electron chi connectivity index (χ1n) is 9.64. The van der Waals surface area contributed by atoms with E-state index < -0.39 is 0 Å². The molecule has 1 fully saturated rings. The summed E-state index contributed by atoms with van der Waals surface area (Å²) in [5, 5.41) is 1.52. The summed E-state index contributed by atoms with van der Waals surface area (Å²) in [6.45, 7) is 3.81. The van der Waals surface area contributed by atoms with Gasteiger partial charge in [0.2, 0.25) is 0 Å². The highest BCUT2D eigenvalue weighted by Crippen LogP contribution is 2.26. The maximum Gasteiger partial charge on any atom is 0.262 e. The second kappa shape index (κ2) is 9.22. The van der Waals surface area contributed by atoms with Crippen LogP contribution in [0.5, 0.6) is 0 Å². The highest BCUT2D eigenvalue weighted by Gasteiger charge is 2.18. The molecule has 1 aliphatic heterocycles. The summed E-state index contributed by atoms with van der Waals surface area (Å²) in [6, 6.07) is 12.3. The summed E-state index contributed by atoms with van der Waals surface area (Å²) >= 11 is 3.23. The van der Waals surface area contributed by atoms with Crippen LogP contribution in [0.4, 0.5) is 0 Å². The van der Waals surface area contributed by atoms with Crippen molar-refractivity contribution < 1.29 is 9.47 Å². The maximum atomic E-state index is 13.2. The molecule has 148 valence electrons. The fraction of sp³-hybridized carbons (Fsp3) is 0.429. The molecule has 5 nitrogen and oxygen atoms in total. The van der Waals surface area contributed by atoms with Gasteiger partial charge in [0.15, 0.2) is 5.16 Å². The summed E-state index contributed by atoms with van der Waals surface area (Å²) < 4.78 is 12.7. The zero-order valence-electron chi connectivity index (χ0n) is 15.9. The van der Waals surface area contributed by atoms with Crippen molar-refractivity contribution in [3.8, 4) is 0 Å². The first-order chi connectivity index (χ1) is 13.7. The Hall–Kier alpha value is -1.67. The monoisotopic (exact) mass is 416 g/mol. The van der Waals surface area contributed by atoms with Crippen LogP contribution in [0.2, 0.25) is 0 Å². The largest absolute Gasteiger partial charge is 0.355 e. The number of nitrogens with zero attached hydrogens (tertiary/aromatic N) is 2. The van der Waals surface area contributed by atoms with Crippen molar-refractivity contribution in [3.63, 3.8) is 0 Å². The molecule has 0 spiro atoms. The van der Waals surface area contributed by atoms with E-state index in [1.54, 1.807) is 23.1 Å². The van der Waals surface area contributed by atoms with Crippen LogP contribution in [-0.2, 0) is 28.9 Å². The summed E-state index contributed by atoms with van der Waals surface area (Å²) in [5.74, 6) is 0.776. The summed E-state index contributed by atoms with van der Waals surface area (Å²) in [6.07, 6.45) is 2.74. The van der Waals surface area contributed by atoms with Gasteiger partial charge < -0.3 is 9.47 Å². The molecule has 28 heavy (non-hydrogen) atoms. The topological polar surface area (TPSA) is 53.4 Å². The lowest BCUT2D eigenvalue weighted by Crippen LogP contribution is -2.27. The van der Waals surface area contributed by atoms with E-state index in [0.717, 1.165) is 47.0 Å². The smallest absolute Gasteiger partial charge is 0.262 e. The van der Waals surface area contributed by atoms with Crippen LogP contribution in [0.3, 0.4) is 0 Å². The van der Waals surface area contributed by atoms with Crippen LogP contribution < -0.4 is 5.56 Å². The number of fused-ring (bicyclic) bond motifs is 1. The number of hydrogen-bond donors (Lipinski definition) is 0. The third-order valence-corrected chi connectivity index (χ3v) is 7.13. The number of aromatic nitrogens is 2. The van der Waals surface area contributed by atoms with Gasteiger partial charge in [-0.3, -0.25) is 9.36 Å². The molecule has 0 aliphatic carbocycles. The van der Waals surface area contributed by atoms with Crippen LogP contribution in [0.1, 0.15) is 23.8 Å². The van der Waals surface area contributed by atoms with E-state index >= 15 is 0 Å². The maximum absolute atomic E-state index is 13.2. The van der Waals surface area contributed by atoms with Crippen molar-refractivity contribution in [3.05, 3.63) is 57.2 Å². The number of ether oxygens (including phenoxy) is 2. The molecule has 0 radical (unpaired) electrons. The lowest BCUT2D eigenvalue weighted by atomic mass is 10.1. The number of aryl methyl sites for hydroxylation is 2. The molecule has 7 heteroatoms. The minimum atomic E-state index is 0.0623. The van der Waals surface area contributed by atoms with Crippen molar-refractivity contribution in [1.29, 1.82) is 0 Å². The summed E-state index contributed by atoms with van der Waals surface area (Å²) in [7, 11) is 0. The molecule has 2 aromatic heterocycles. The van der Waals surface area contributed by atoms with Gasteiger partial charge in [-0.2, -0.15) is 0 Å². The molecule has 3 aromatic rings. The van der Waals surface area contributed by atoms with E-state index in [1.165, 1.54) is 10.4 Å². The lowest BCUT2D eigenvalue weighted by Gasteiger charge is -2.22. The first kappa shape index (κ1) is 19.6. The fourth-order valence-corrected chi connectivity index (χ4v) is 5.31. The molecule has 0 amide bonds. The molecular weight excluding hydrogens is 392 g/mol. The summed E-state index contributed by atoms with van der Waals surface area (Å²) in [4.78, 5) is 20.1. The predicted molar refractivity (Wildman–Crippen MR) is 114 cm³/mol. The number of rotatable bonds is 7. The SMILES string of the molecule is CCc1cc2c(=O)n(CCc3ccccc3)c(SCC3CCOCO3)nc2s1. The molecule has 3 heterocycles. The van der Waals surface area contributed by atoms with Crippen LogP contribution in [0, 0.1) is 0 Å². The van der Waals surface area contributed by atoms with E-state index in [4.69, 9.17) is 14.5 Å². The van der Waals surface area contributed by atoms with E-state index in [-0.39, 0.29) is 11.7 Å². The Kier molecular flexibility index (Phi) is 6.47. The van der Waals surface area contributed by atoms with Crippen molar-refractivity contribution in [2.24, 2.45) is 0 Å². The standard InChI is InChI=1S/C21H24N2O3S2/c1-2-17-12-18-19(28-17)22-21(27-13-16-9-11-25-14-26-16)23(20(18)24)10-8-15-6-4-3-5-7-15/h3-7,12,16H,2,8-11,13-14H2,1H3. The fourth-order valence-electron chi connectivity index (χ4n) is 3.21. The van der Waals surface area contributed by atoms with E-state index in [0.29, 0.717) is 13.3 Å². The Balaban J connectivity index is 1.62. The molecular formula is C21H24N2O3S2. The van der Waals surface area contributed by atoms with Crippen LogP contribution >= 0.6 is 23.1 Å². The Labute approximate surface area is 172 Å². The predicted octanol–water partition coefficient (Wildman–Crippen LogP) is 4.12. The quantitative estimate of drug-likeness (QED) is 0.428. The first-order valence-corrected chi connectivity index (χ1v) is 11.4. The average molecular weight is 417 g/mol. The Morgan fingerprint density at radius 1 is 1.32 bits per heavy atom. The number of hydrogen-bond acceptors (Lipinski definition) is 6. The van der Waals surface area contributed by atoms with Gasteiger partial charge in [0.05, 0.1) is 18.1 Å². The molecule has 0 saturated carbocycles. The van der Waals surface area contributed by atoms with Crippen LogP contribution in [-0.4, -0.2) is 34.8 Å². The lowest BCUT2D eigenvalue weighted by molar-refractivity contribution is -0.130. The van der Waals surface area contributed by atoms with Gasteiger partial charge in [-0.05, 0) is 30.9 Å². The zero-order chi connectivity index (χ0) is 19.3. The molecule has 1 saturated heterocycles. The Morgan fingerprint density at radius 3 is 2.93 bits per heavy atom. The van der Waals surface area contributed by atoms with Gasteiger partial charge in [-0.25, -0.2) is 4.98 Å². The third kappa shape index (κ3) is 4.49. The molecule has 0 bridgehead atoms. The second-order valence-corrected chi connectivity index (χ2v) is 8.89. The number of thioether (sulfide) groups is 1. The van der Waals surface area contributed by atoms with Crippen LogP contribution in [0.15, 0.2) is 46.3 Å². The second-order valence-electron chi connectivity index (χ2n) is 6.79. The average Bonchev–Trinajstić information content (AvgIpc) is 3.17. The van der Waals surface area contributed by atoms with Crippen molar-refractivity contribution >= 4 is 33.3 Å². The van der Waals surface area contributed by atoms with E-state index in [9.17, 15) is 4.79 Å². The molecule has 0 N–H and O–H groups in total. The van der Waals surface area contributed by atoms with Crippen molar-refractivity contribution in [2.75, 3.05) is 19.2 Å². The molecule has 1 unspecified atom stereocenters. The molecule has 1 aliphatic rings. The van der Waals surface area contributed by atoms with Gasteiger partial charge in [0.25, 0.3) is 5.56 Å². The minimum Gasteiger partial charge on any atom is -0.355 e. The zero-order valence-corrected chi connectivity index (χ0v) is 17.6. The van der Waals surface area contributed by atoms with E-state index in [1.807, 2.05) is 28.8 Å². The molecule has 4 rings (SSSR count). The van der Waals surface area contributed by atoms with Crippen molar-refractivity contribution in [1.82, 2.24) is 9.55 Å². The summed E-state index contributed by atoms with van der Waals surface area (Å²) in [5.41, 5.74) is 1.28. The number of benzene rings is 1. The minimum absolute atomic E-state index is 0.0623. The van der Waals surface area contributed by atoms with Crippen molar-refractivity contribution in [2.45, 2.75) is 44.0 Å². The van der Waals surface area contributed by atoms with Gasteiger partial charge in [-0.1, -0.05) is 49.0 Å². The normalized spacial score (nSPS) is 17.2.